The summed E-state index contributed by atoms with van der Waals surface area (Å²) in [5.41, 5.74) is 0.769. The van der Waals surface area contributed by atoms with Crippen molar-refractivity contribution in [2.24, 2.45) is 0 Å². The maximum Gasteiger partial charge on any atom is 0.328 e. The number of nitrogens with one attached hydrogen (secondary N) is 1. The Kier molecular flexibility index (Phi) is 4.34. The number of hydrogen-bond acceptors (Lipinski definition) is 3. The summed E-state index contributed by atoms with van der Waals surface area (Å²) in [5, 5.41) is 2.86. The molecule has 1 unspecified atom stereocenters. The monoisotopic (exact) mass is 157 g/mol. The van der Waals surface area contributed by atoms with Crippen molar-refractivity contribution in [2.75, 3.05) is 6.61 Å². The van der Waals surface area contributed by atoms with Gasteiger partial charge in [-0.15, -0.1) is 0 Å². The highest BCUT2D eigenvalue weighted by Gasteiger charge is 2.11. The second-order valence-corrected chi connectivity index (χ2v) is 2.40. The molecule has 0 heterocycles. The molecule has 1 atom stereocenters. The molecule has 0 saturated carbocycles. The van der Waals surface area contributed by atoms with E-state index in [1.54, 1.807) is 20.8 Å². The van der Waals surface area contributed by atoms with Crippen molar-refractivity contribution in [1.29, 1.82) is 0 Å². The summed E-state index contributed by atoms with van der Waals surface area (Å²) in [6, 6.07) is -0.299. The fraction of sp³-hybridized carbons (Fsp3) is 0.625. The Balaban J connectivity index is 3.73. The lowest BCUT2D eigenvalue weighted by Gasteiger charge is -2.12. The van der Waals surface area contributed by atoms with E-state index in [1.165, 1.54) is 0 Å². The molecule has 0 aromatic carbocycles. The molecule has 3 heteroatoms. The van der Waals surface area contributed by atoms with E-state index in [1.807, 2.05) is 0 Å². The predicted octanol–water partition coefficient (Wildman–Crippen LogP) is 1.06. The van der Waals surface area contributed by atoms with E-state index >= 15 is 0 Å². The van der Waals surface area contributed by atoms with Crippen LogP contribution >= 0.6 is 0 Å². The molecule has 0 spiro atoms. The third kappa shape index (κ3) is 4.42. The number of carbonyl (C=O) groups is 1. The van der Waals surface area contributed by atoms with Crippen molar-refractivity contribution >= 4 is 5.97 Å². The minimum atomic E-state index is -0.299. The highest BCUT2D eigenvalue weighted by Crippen LogP contribution is 1.90. The van der Waals surface area contributed by atoms with Gasteiger partial charge in [0.2, 0.25) is 0 Å². The van der Waals surface area contributed by atoms with Crippen LogP contribution < -0.4 is 5.32 Å². The first kappa shape index (κ1) is 10.0. The first-order valence-electron chi connectivity index (χ1n) is 3.66. The van der Waals surface area contributed by atoms with Crippen LogP contribution in [-0.2, 0) is 9.53 Å². The molecule has 0 aromatic heterocycles. The van der Waals surface area contributed by atoms with Crippen LogP contribution in [0.2, 0.25) is 0 Å². The van der Waals surface area contributed by atoms with Crippen LogP contribution in [0.5, 0.6) is 0 Å². The minimum Gasteiger partial charge on any atom is -0.464 e. The van der Waals surface area contributed by atoms with Gasteiger partial charge in [0.15, 0.2) is 0 Å². The average Bonchev–Trinajstić information content (AvgIpc) is 1.86. The largest absolute Gasteiger partial charge is 0.464 e. The molecule has 0 bridgehead atoms. The zero-order valence-electron chi connectivity index (χ0n) is 7.31. The summed E-state index contributed by atoms with van der Waals surface area (Å²) in [4.78, 5) is 11.0. The van der Waals surface area contributed by atoms with Gasteiger partial charge in [-0.2, -0.15) is 0 Å². The number of rotatable bonds is 4. The third-order valence-corrected chi connectivity index (χ3v) is 1.10. The number of carbonyl (C=O) groups excluding carboxylic acids is 1. The Bertz CT molecular complexity index is 154. The maximum atomic E-state index is 11.0. The standard InChI is InChI=1S/C8H15NO2/c1-5-11-8(10)7(4)9-6(2)3/h7,9H,2,5H2,1,3-4H3. The molecular weight excluding hydrogens is 142 g/mol. The van der Waals surface area contributed by atoms with Crippen LogP contribution in [0.25, 0.3) is 0 Å². The highest BCUT2D eigenvalue weighted by atomic mass is 16.5. The normalized spacial score (nSPS) is 11.9. The summed E-state index contributed by atoms with van der Waals surface area (Å²) in [5.74, 6) is -0.240. The minimum absolute atomic E-state index is 0.240. The van der Waals surface area contributed by atoms with Crippen LogP contribution in [0.4, 0.5) is 0 Å². The van der Waals surface area contributed by atoms with Crippen LogP contribution in [0.1, 0.15) is 20.8 Å². The van der Waals surface area contributed by atoms with E-state index in [-0.39, 0.29) is 12.0 Å². The van der Waals surface area contributed by atoms with Crippen LogP contribution in [0, 0.1) is 0 Å². The smallest absolute Gasteiger partial charge is 0.328 e. The van der Waals surface area contributed by atoms with E-state index in [9.17, 15) is 4.79 Å². The number of ether oxygens (including phenoxy) is 1. The Morgan fingerprint density at radius 1 is 1.73 bits per heavy atom. The number of allylic oxidation sites excluding steroid dienone is 1. The van der Waals surface area contributed by atoms with E-state index < -0.39 is 0 Å². The molecule has 0 amide bonds. The first-order chi connectivity index (χ1) is 5.07. The molecular formula is C8H15NO2. The quantitative estimate of drug-likeness (QED) is 0.620. The van der Waals surface area contributed by atoms with Crippen molar-refractivity contribution in [3.63, 3.8) is 0 Å². The van der Waals surface area contributed by atoms with Crippen molar-refractivity contribution < 1.29 is 9.53 Å². The van der Waals surface area contributed by atoms with E-state index in [2.05, 4.69) is 11.9 Å². The lowest BCUT2D eigenvalue weighted by molar-refractivity contribution is -0.144. The van der Waals surface area contributed by atoms with Gasteiger partial charge in [-0.05, 0) is 20.8 Å². The van der Waals surface area contributed by atoms with Crippen molar-refractivity contribution in [1.82, 2.24) is 5.32 Å². The highest BCUT2D eigenvalue weighted by molar-refractivity contribution is 5.75. The van der Waals surface area contributed by atoms with Gasteiger partial charge in [-0.1, -0.05) is 6.58 Å². The maximum absolute atomic E-state index is 11.0. The van der Waals surface area contributed by atoms with Gasteiger partial charge in [-0.3, -0.25) is 0 Å². The zero-order valence-corrected chi connectivity index (χ0v) is 7.31. The van der Waals surface area contributed by atoms with Crippen LogP contribution in [0.3, 0.4) is 0 Å². The summed E-state index contributed by atoms with van der Waals surface area (Å²) in [6.07, 6.45) is 0. The van der Waals surface area contributed by atoms with Gasteiger partial charge >= 0.3 is 5.97 Å². The van der Waals surface area contributed by atoms with E-state index in [0.717, 1.165) is 5.70 Å². The zero-order chi connectivity index (χ0) is 8.85. The Hall–Kier alpha value is -0.990. The second-order valence-electron chi connectivity index (χ2n) is 2.40. The fourth-order valence-electron chi connectivity index (χ4n) is 0.696. The van der Waals surface area contributed by atoms with Crippen molar-refractivity contribution in [3.8, 4) is 0 Å². The molecule has 64 valence electrons. The van der Waals surface area contributed by atoms with Gasteiger partial charge in [-0.25, -0.2) is 4.79 Å². The predicted molar refractivity (Wildman–Crippen MR) is 44.0 cm³/mol. The second kappa shape index (κ2) is 4.77. The molecule has 0 fully saturated rings. The number of esters is 1. The summed E-state index contributed by atoms with van der Waals surface area (Å²) >= 11 is 0. The summed E-state index contributed by atoms with van der Waals surface area (Å²) in [6.45, 7) is 9.36. The summed E-state index contributed by atoms with van der Waals surface area (Å²) in [7, 11) is 0. The van der Waals surface area contributed by atoms with Crippen molar-refractivity contribution in [3.05, 3.63) is 12.3 Å². The molecule has 0 saturated heterocycles. The summed E-state index contributed by atoms with van der Waals surface area (Å²) < 4.78 is 4.76. The molecule has 0 aliphatic carbocycles. The molecule has 0 aliphatic heterocycles. The Morgan fingerprint density at radius 2 is 2.27 bits per heavy atom. The van der Waals surface area contributed by atoms with Gasteiger partial charge < -0.3 is 10.1 Å². The molecule has 1 N–H and O–H groups in total. The molecule has 0 aromatic rings. The van der Waals surface area contributed by atoms with Crippen LogP contribution in [-0.4, -0.2) is 18.6 Å². The fourth-order valence-corrected chi connectivity index (χ4v) is 0.696. The van der Waals surface area contributed by atoms with E-state index in [0.29, 0.717) is 6.61 Å². The van der Waals surface area contributed by atoms with Gasteiger partial charge in [0.05, 0.1) is 6.61 Å². The molecule has 0 radical (unpaired) electrons. The lowest BCUT2D eigenvalue weighted by atomic mass is 10.3. The molecule has 11 heavy (non-hydrogen) atoms. The SMILES string of the molecule is C=C(C)NC(C)C(=O)OCC. The molecule has 0 rings (SSSR count). The first-order valence-corrected chi connectivity index (χ1v) is 3.66. The Morgan fingerprint density at radius 3 is 2.64 bits per heavy atom. The molecule has 0 aliphatic rings. The van der Waals surface area contributed by atoms with Crippen molar-refractivity contribution in [2.45, 2.75) is 26.8 Å². The van der Waals surface area contributed by atoms with Crippen LogP contribution in [0.15, 0.2) is 12.3 Å². The van der Waals surface area contributed by atoms with E-state index in [4.69, 9.17) is 4.74 Å². The topological polar surface area (TPSA) is 38.3 Å². The Labute approximate surface area is 67.4 Å². The van der Waals surface area contributed by atoms with Gasteiger partial charge in [0.25, 0.3) is 0 Å². The third-order valence-electron chi connectivity index (χ3n) is 1.10. The average molecular weight is 157 g/mol. The van der Waals surface area contributed by atoms with Gasteiger partial charge in [0.1, 0.15) is 6.04 Å². The number of hydrogen-bond donors (Lipinski definition) is 1. The van der Waals surface area contributed by atoms with Gasteiger partial charge in [0, 0.05) is 5.70 Å². The molecule has 3 nitrogen and oxygen atoms in total. The lowest BCUT2D eigenvalue weighted by Crippen LogP contribution is -2.33.